The summed E-state index contributed by atoms with van der Waals surface area (Å²) in [5.41, 5.74) is 0.863. The number of benzene rings is 1. The molecule has 24 heavy (non-hydrogen) atoms. The first-order valence-corrected chi connectivity index (χ1v) is 8.92. The number of amides is 2. The minimum atomic E-state index is -0.168. The topological polar surface area (TPSA) is 77.1 Å². The molecular formula is C16H22N2O5S. The van der Waals surface area contributed by atoms with E-state index in [2.05, 4.69) is 5.32 Å². The molecule has 0 aromatic heterocycles. The summed E-state index contributed by atoms with van der Waals surface area (Å²) in [6.07, 6.45) is 1.84. The number of nitrogens with one attached hydrogen (secondary N) is 1. The quantitative estimate of drug-likeness (QED) is 0.834. The fourth-order valence-electron chi connectivity index (χ4n) is 2.45. The Morgan fingerprint density at radius 1 is 1.25 bits per heavy atom. The number of thioether (sulfide) groups is 1. The van der Waals surface area contributed by atoms with Gasteiger partial charge >= 0.3 is 0 Å². The average molecular weight is 354 g/mol. The lowest BCUT2D eigenvalue weighted by molar-refractivity contribution is -0.113. The molecule has 1 heterocycles. The second-order valence-electron chi connectivity index (χ2n) is 5.15. The number of hydrogen-bond acceptors (Lipinski definition) is 6. The van der Waals surface area contributed by atoms with Crippen LogP contribution in [0.5, 0.6) is 11.5 Å². The van der Waals surface area contributed by atoms with Crippen LogP contribution in [-0.4, -0.2) is 69.2 Å². The second-order valence-corrected chi connectivity index (χ2v) is 6.01. The van der Waals surface area contributed by atoms with E-state index in [-0.39, 0.29) is 11.8 Å². The monoisotopic (exact) mass is 354 g/mol. The van der Waals surface area contributed by atoms with Gasteiger partial charge in [0, 0.05) is 18.7 Å². The molecule has 1 fully saturated rings. The molecule has 7 nitrogen and oxygen atoms in total. The van der Waals surface area contributed by atoms with Crippen molar-refractivity contribution in [1.82, 2.24) is 4.90 Å². The fourth-order valence-corrected chi connectivity index (χ4v) is 2.78. The first kappa shape index (κ1) is 18.4. The number of hydrogen-bond donors (Lipinski definition) is 1. The Hall–Kier alpha value is -1.93. The van der Waals surface area contributed by atoms with Crippen molar-refractivity contribution >= 4 is 29.3 Å². The Morgan fingerprint density at radius 2 is 1.96 bits per heavy atom. The molecule has 1 N–H and O–H groups in total. The van der Waals surface area contributed by atoms with Crippen molar-refractivity contribution in [2.24, 2.45) is 0 Å². The molecule has 0 saturated carbocycles. The fraction of sp³-hybridized carbons (Fsp3) is 0.500. The molecule has 0 bridgehead atoms. The summed E-state index contributed by atoms with van der Waals surface area (Å²) < 4.78 is 15.9. The molecular weight excluding hydrogens is 332 g/mol. The Morgan fingerprint density at radius 3 is 2.54 bits per heavy atom. The molecule has 132 valence electrons. The van der Waals surface area contributed by atoms with Gasteiger partial charge in [-0.15, -0.1) is 0 Å². The van der Waals surface area contributed by atoms with Crippen molar-refractivity contribution in [3.8, 4) is 11.5 Å². The molecule has 1 aromatic carbocycles. The third-order valence-corrected chi connectivity index (χ3v) is 4.12. The van der Waals surface area contributed by atoms with Crippen LogP contribution in [0.2, 0.25) is 0 Å². The van der Waals surface area contributed by atoms with Crippen molar-refractivity contribution < 1.29 is 23.8 Å². The van der Waals surface area contributed by atoms with E-state index in [0.717, 1.165) is 0 Å². The maximum atomic E-state index is 12.7. The van der Waals surface area contributed by atoms with Crippen LogP contribution in [0.1, 0.15) is 10.4 Å². The third-order valence-electron chi connectivity index (χ3n) is 3.57. The zero-order valence-electron chi connectivity index (χ0n) is 14.1. The molecule has 1 saturated heterocycles. The van der Waals surface area contributed by atoms with E-state index in [0.29, 0.717) is 54.8 Å². The zero-order valence-corrected chi connectivity index (χ0v) is 14.9. The minimum Gasteiger partial charge on any atom is -0.493 e. The van der Waals surface area contributed by atoms with Gasteiger partial charge in [0.05, 0.1) is 38.9 Å². The highest BCUT2D eigenvalue weighted by Crippen LogP contribution is 2.37. The van der Waals surface area contributed by atoms with Crippen molar-refractivity contribution in [3.05, 3.63) is 17.7 Å². The van der Waals surface area contributed by atoms with Crippen molar-refractivity contribution in [1.29, 1.82) is 0 Å². The van der Waals surface area contributed by atoms with Crippen molar-refractivity contribution in [2.75, 3.05) is 57.8 Å². The highest BCUT2D eigenvalue weighted by atomic mass is 32.2. The molecule has 8 heteroatoms. The van der Waals surface area contributed by atoms with E-state index >= 15 is 0 Å². The van der Waals surface area contributed by atoms with Gasteiger partial charge in [-0.2, -0.15) is 11.8 Å². The minimum absolute atomic E-state index is 0.125. The highest BCUT2D eigenvalue weighted by Gasteiger charge is 2.22. The normalized spacial score (nSPS) is 14.2. The summed E-state index contributed by atoms with van der Waals surface area (Å²) in [6.45, 7) is 2.13. The van der Waals surface area contributed by atoms with Crippen LogP contribution < -0.4 is 14.8 Å². The molecule has 2 rings (SSSR count). The summed E-state index contributed by atoms with van der Waals surface area (Å²) >= 11 is 1.41. The van der Waals surface area contributed by atoms with Gasteiger partial charge in [0.2, 0.25) is 5.91 Å². The van der Waals surface area contributed by atoms with Gasteiger partial charge in [-0.3, -0.25) is 9.59 Å². The predicted molar refractivity (Wildman–Crippen MR) is 93.3 cm³/mol. The molecule has 0 unspecified atom stereocenters. The van der Waals surface area contributed by atoms with Gasteiger partial charge in [-0.05, 0) is 18.4 Å². The van der Waals surface area contributed by atoms with E-state index in [1.165, 1.54) is 26.0 Å². The molecule has 1 aliphatic heterocycles. The van der Waals surface area contributed by atoms with Crippen LogP contribution >= 0.6 is 11.8 Å². The third kappa shape index (κ3) is 4.33. The molecule has 0 atom stereocenters. The van der Waals surface area contributed by atoms with E-state index in [1.54, 1.807) is 17.0 Å². The summed E-state index contributed by atoms with van der Waals surface area (Å²) in [5.74, 6) is 0.813. The van der Waals surface area contributed by atoms with Gasteiger partial charge in [-0.1, -0.05) is 0 Å². The highest BCUT2D eigenvalue weighted by molar-refractivity contribution is 7.99. The largest absolute Gasteiger partial charge is 0.493 e. The molecule has 0 radical (unpaired) electrons. The molecule has 1 aromatic rings. The molecule has 2 amide bonds. The first-order chi connectivity index (χ1) is 11.6. The molecule has 0 aliphatic carbocycles. The van der Waals surface area contributed by atoms with Crippen molar-refractivity contribution in [3.63, 3.8) is 0 Å². The average Bonchev–Trinajstić information content (AvgIpc) is 2.61. The lowest BCUT2D eigenvalue weighted by Crippen LogP contribution is -2.40. The van der Waals surface area contributed by atoms with Gasteiger partial charge < -0.3 is 24.4 Å². The van der Waals surface area contributed by atoms with Gasteiger partial charge in [0.1, 0.15) is 0 Å². The van der Waals surface area contributed by atoms with Crippen LogP contribution in [0.15, 0.2) is 12.1 Å². The van der Waals surface area contributed by atoms with Crippen LogP contribution in [0.4, 0.5) is 5.69 Å². The lowest BCUT2D eigenvalue weighted by atomic mass is 10.1. The van der Waals surface area contributed by atoms with E-state index < -0.39 is 0 Å². The van der Waals surface area contributed by atoms with Crippen molar-refractivity contribution in [2.45, 2.75) is 0 Å². The lowest BCUT2D eigenvalue weighted by Gasteiger charge is -2.27. The summed E-state index contributed by atoms with van der Waals surface area (Å²) in [4.78, 5) is 26.3. The first-order valence-electron chi connectivity index (χ1n) is 7.52. The summed E-state index contributed by atoms with van der Waals surface area (Å²) in [6, 6.07) is 3.25. The van der Waals surface area contributed by atoms with E-state index in [1.807, 2.05) is 6.26 Å². The summed E-state index contributed by atoms with van der Waals surface area (Å²) in [5, 5.41) is 2.78. The maximum Gasteiger partial charge on any atom is 0.254 e. The Bertz CT molecular complexity index is 602. The number of morpholine rings is 1. The van der Waals surface area contributed by atoms with Gasteiger partial charge in [0.15, 0.2) is 11.5 Å². The van der Waals surface area contributed by atoms with Crippen LogP contribution in [0.3, 0.4) is 0 Å². The van der Waals surface area contributed by atoms with E-state index in [9.17, 15) is 9.59 Å². The van der Waals surface area contributed by atoms with Crippen LogP contribution in [0.25, 0.3) is 0 Å². The standard InChI is InChI=1S/C16H22N2O5S/c1-21-13-9-11(16(20)18-4-6-23-7-5-18)8-12(15(13)22-2)17-14(19)10-24-3/h8-9H,4-7,10H2,1-3H3,(H,17,19). The van der Waals surface area contributed by atoms with Crippen LogP contribution in [-0.2, 0) is 9.53 Å². The molecule has 1 aliphatic rings. The number of anilines is 1. The van der Waals surface area contributed by atoms with Gasteiger partial charge in [-0.25, -0.2) is 0 Å². The number of methoxy groups -OCH3 is 2. The van der Waals surface area contributed by atoms with Crippen LogP contribution in [0, 0.1) is 0 Å². The Kier molecular flexibility index (Phi) is 6.74. The maximum absolute atomic E-state index is 12.7. The Balaban J connectivity index is 2.34. The number of ether oxygens (including phenoxy) is 3. The summed E-state index contributed by atoms with van der Waals surface area (Å²) in [7, 11) is 2.99. The zero-order chi connectivity index (χ0) is 17.5. The number of rotatable bonds is 6. The SMILES string of the molecule is COc1cc(C(=O)N2CCOCC2)cc(NC(=O)CSC)c1OC. The second kappa shape index (κ2) is 8.79. The smallest absolute Gasteiger partial charge is 0.254 e. The van der Waals surface area contributed by atoms with E-state index in [4.69, 9.17) is 14.2 Å². The van der Waals surface area contributed by atoms with Gasteiger partial charge in [0.25, 0.3) is 5.91 Å². The number of carbonyl (C=O) groups is 2. The Labute approximate surface area is 145 Å². The predicted octanol–water partition coefficient (Wildman–Crippen LogP) is 1.48. The number of carbonyl (C=O) groups excluding carboxylic acids is 2. The molecule has 0 spiro atoms. The number of nitrogens with zero attached hydrogens (tertiary/aromatic N) is 1.